The summed E-state index contributed by atoms with van der Waals surface area (Å²) >= 11 is 1.31. The van der Waals surface area contributed by atoms with Gasteiger partial charge in [0.2, 0.25) is 0 Å². The first-order valence-corrected chi connectivity index (χ1v) is 12.5. The second-order valence-electron chi connectivity index (χ2n) is 8.50. The maximum absolute atomic E-state index is 13.5. The first-order valence-electron chi connectivity index (χ1n) is 11.7. The molecule has 0 spiro atoms. The molecule has 1 aromatic heterocycles. The number of carbonyl (C=O) groups excluding carboxylic acids is 2. The Morgan fingerprint density at radius 1 is 1.14 bits per heavy atom. The van der Waals surface area contributed by atoms with Gasteiger partial charge in [0.05, 0.1) is 21.8 Å². The van der Waals surface area contributed by atoms with Crippen molar-refractivity contribution in [2.24, 2.45) is 0 Å². The Bertz CT molecular complexity index is 1540. The third-order valence-corrected chi connectivity index (χ3v) is 7.20. The molecule has 0 radical (unpaired) electrons. The van der Waals surface area contributed by atoms with Crippen molar-refractivity contribution in [1.29, 1.82) is 0 Å². The molecule has 6 nitrogen and oxygen atoms in total. The molecule has 0 aliphatic carbocycles. The Labute approximate surface area is 217 Å². The van der Waals surface area contributed by atoms with Crippen LogP contribution in [0.15, 0.2) is 85.0 Å². The van der Waals surface area contributed by atoms with E-state index in [1.807, 2.05) is 18.2 Å². The number of halogens is 1. The van der Waals surface area contributed by atoms with Gasteiger partial charge < -0.3 is 9.84 Å². The highest BCUT2D eigenvalue weighted by Crippen LogP contribution is 2.44. The largest absolute Gasteiger partial charge is 0.507 e. The van der Waals surface area contributed by atoms with Crippen LogP contribution < -0.4 is 9.64 Å². The highest BCUT2D eigenvalue weighted by atomic mass is 32.1. The van der Waals surface area contributed by atoms with Gasteiger partial charge in [-0.15, -0.1) is 0 Å². The molecule has 8 heteroatoms. The van der Waals surface area contributed by atoms with E-state index in [4.69, 9.17) is 4.74 Å². The molecule has 0 unspecified atom stereocenters. The minimum atomic E-state index is -0.940. The molecule has 4 aromatic rings. The summed E-state index contributed by atoms with van der Waals surface area (Å²) in [4.78, 5) is 32.7. The van der Waals surface area contributed by atoms with Crippen molar-refractivity contribution < 1.29 is 23.8 Å². The highest BCUT2D eigenvalue weighted by Gasteiger charge is 2.48. The summed E-state index contributed by atoms with van der Waals surface area (Å²) in [5.74, 6) is -1.91. The predicted molar refractivity (Wildman–Crippen MR) is 142 cm³/mol. The zero-order valence-electron chi connectivity index (χ0n) is 20.0. The summed E-state index contributed by atoms with van der Waals surface area (Å²) in [7, 11) is 0. The number of nitrogens with zero attached hydrogens (tertiary/aromatic N) is 2. The number of ether oxygens (including phenoxy) is 1. The minimum Gasteiger partial charge on any atom is -0.507 e. The molecule has 1 saturated heterocycles. The van der Waals surface area contributed by atoms with E-state index in [1.165, 1.54) is 40.5 Å². The molecule has 1 aliphatic rings. The number of hydrogen-bond donors (Lipinski definition) is 1. The number of aliphatic hydroxyl groups excluding tert-OH is 1. The standard InChI is InChI=1S/C29H23FN2O4S/c1-3-15-36-21-12-8-18(9-13-21)25-24(26(33)19-6-10-20(30)11-7-19)27(34)28(35)32(25)29-31-22-14-5-17(4-2)16-23(22)37-29/h3,5-14,16,25,33H,1,4,15H2,2H3/t25-/m1/s1. The van der Waals surface area contributed by atoms with Gasteiger partial charge in [-0.2, -0.15) is 0 Å². The van der Waals surface area contributed by atoms with Crippen molar-refractivity contribution in [3.05, 3.63) is 107 Å². The van der Waals surface area contributed by atoms with Crippen LogP contribution >= 0.6 is 11.3 Å². The normalized spacial score (nSPS) is 16.9. The molecule has 2 heterocycles. The number of ketones is 1. The van der Waals surface area contributed by atoms with Crippen LogP contribution in [0.4, 0.5) is 9.52 Å². The molecule has 186 valence electrons. The number of Topliss-reactive ketones (excluding diaryl/α,β-unsaturated/α-hetero) is 1. The van der Waals surface area contributed by atoms with E-state index in [1.54, 1.807) is 30.3 Å². The van der Waals surface area contributed by atoms with Crippen LogP contribution in [0, 0.1) is 5.82 Å². The Balaban J connectivity index is 1.67. The molecule has 37 heavy (non-hydrogen) atoms. The Morgan fingerprint density at radius 2 is 1.86 bits per heavy atom. The lowest BCUT2D eigenvalue weighted by Crippen LogP contribution is -2.29. The monoisotopic (exact) mass is 514 g/mol. The number of aromatic nitrogens is 1. The fourth-order valence-corrected chi connectivity index (χ4v) is 5.35. The molecular formula is C29H23FN2O4S. The van der Waals surface area contributed by atoms with Crippen LogP contribution in [0.3, 0.4) is 0 Å². The molecule has 5 rings (SSSR count). The van der Waals surface area contributed by atoms with E-state index in [9.17, 15) is 19.1 Å². The van der Waals surface area contributed by atoms with Gasteiger partial charge in [-0.25, -0.2) is 9.37 Å². The summed E-state index contributed by atoms with van der Waals surface area (Å²) in [5.41, 5.74) is 2.57. The van der Waals surface area contributed by atoms with E-state index in [-0.39, 0.29) is 16.9 Å². The fraction of sp³-hybridized carbons (Fsp3) is 0.138. The van der Waals surface area contributed by atoms with E-state index in [0.29, 0.717) is 28.6 Å². The van der Waals surface area contributed by atoms with Crippen LogP contribution in [0.1, 0.15) is 29.7 Å². The molecule has 1 atom stereocenters. The molecule has 1 N–H and O–H groups in total. The average Bonchev–Trinajstić information content (AvgIpc) is 3.45. The minimum absolute atomic E-state index is 0.0927. The number of anilines is 1. The van der Waals surface area contributed by atoms with Crippen LogP contribution in [0.2, 0.25) is 0 Å². The van der Waals surface area contributed by atoms with E-state index < -0.39 is 23.5 Å². The van der Waals surface area contributed by atoms with Crippen molar-refractivity contribution in [1.82, 2.24) is 4.98 Å². The van der Waals surface area contributed by atoms with Gasteiger partial charge in [0.15, 0.2) is 5.13 Å². The highest BCUT2D eigenvalue weighted by molar-refractivity contribution is 7.22. The summed E-state index contributed by atoms with van der Waals surface area (Å²) < 4.78 is 20.0. The predicted octanol–water partition coefficient (Wildman–Crippen LogP) is 6.19. The number of amides is 1. The number of aliphatic hydroxyl groups is 1. The number of hydrogen-bond acceptors (Lipinski definition) is 6. The van der Waals surface area contributed by atoms with Gasteiger partial charge in [0, 0.05) is 5.56 Å². The van der Waals surface area contributed by atoms with Gasteiger partial charge in [-0.3, -0.25) is 14.5 Å². The number of carbonyl (C=O) groups is 2. The zero-order chi connectivity index (χ0) is 26.1. The van der Waals surface area contributed by atoms with Gasteiger partial charge >= 0.3 is 5.91 Å². The molecule has 3 aromatic carbocycles. The number of fused-ring (bicyclic) bond motifs is 1. The molecule has 0 bridgehead atoms. The SMILES string of the molecule is C=CCOc1ccc([C@@H]2C(=C(O)c3ccc(F)cc3)C(=O)C(=O)N2c2nc3ccc(CC)cc3s2)cc1. The van der Waals surface area contributed by atoms with E-state index in [2.05, 4.69) is 18.5 Å². The van der Waals surface area contributed by atoms with Crippen molar-refractivity contribution >= 4 is 44.1 Å². The number of benzene rings is 3. The summed E-state index contributed by atoms with van der Waals surface area (Å²) in [6, 6.07) is 17.0. The van der Waals surface area contributed by atoms with Crippen LogP contribution in [-0.2, 0) is 16.0 Å². The maximum atomic E-state index is 13.5. The third-order valence-electron chi connectivity index (χ3n) is 6.18. The van der Waals surface area contributed by atoms with E-state index in [0.717, 1.165) is 16.7 Å². The second-order valence-corrected chi connectivity index (χ2v) is 9.51. The fourth-order valence-electron chi connectivity index (χ4n) is 4.29. The number of rotatable bonds is 7. The van der Waals surface area contributed by atoms with Crippen molar-refractivity contribution in [3.8, 4) is 5.75 Å². The molecule has 1 aliphatic heterocycles. The topological polar surface area (TPSA) is 79.7 Å². The average molecular weight is 515 g/mol. The van der Waals surface area contributed by atoms with Gasteiger partial charge in [0.1, 0.15) is 23.9 Å². The van der Waals surface area contributed by atoms with Gasteiger partial charge in [-0.1, -0.05) is 49.1 Å². The summed E-state index contributed by atoms with van der Waals surface area (Å²) in [6.07, 6.45) is 2.48. The van der Waals surface area contributed by atoms with Gasteiger partial charge in [0.25, 0.3) is 5.78 Å². The lowest BCUT2D eigenvalue weighted by Gasteiger charge is -2.23. The zero-order valence-corrected chi connectivity index (χ0v) is 20.8. The van der Waals surface area contributed by atoms with E-state index >= 15 is 0 Å². The lowest BCUT2D eigenvalue weighted by molar-refractivity contribution is -0.132. The van der Waals surface area contributed by atoms with Crippen LogP contribution in [0.5, 0.6) is 5.75 Å². The number of thiazole rings is 1. The summed E-state index contributed by atoms with van der Waals surface area (Å²) in [5, 5.41) is 11.5. The number of aryl methyl sites for hydroxylation is 1. The quantitative estimate of drug-likeness (QED) is 0.138. The molecule has 1 fully saturated rings. The first-order chi connectivity index (χ1) is 17.9. The molecule has 1 amide bonds. The smallest absolute Gasteiger partial charge is 0.301 e. The van der Waals surface area contributed by atoms with Crippen LogP contribution in [0.25, 0.3) is 16.0 Å². The Kier molecular flexibility index (Phi) is 6.58. The molecular weight excluding hydrogens is 491 g/mol. The first kappa shape index (κ1) is 24.4. The van der Waals surface area contributed by atoms with Crippen molar-refractivity contribution in [3.63, 3.8) is 0 Å². The van der Waals surface area contributed by atoms with Crippen molar-refractivity contribution in [2.45, 2.75) is 19.4 Å². The Hall–Kier alpha value is -4.30. The lowest BCUT2D eigenvalue weighted by atomic mass is 9.95. The summed E-state index contributed by atoms with van der Waals surface area (Å²) in [6.45, 7) is 6.02. The van der Waals surface area contributed by atoms with Gasteiger partial charge in [-0.05, 0) is 66.1 Å². The molecule has 0 saturated carbocycles. The second kappa shape index (κ2) is 9.99. The Morgan fingerprint density at radius 3 is 2.54 bits per heavy atom. The van der Waals surface area contributed by atoms with Crippen molar-refractivity contribution in [2.75, 3.05) is 11.5 Å². The third kappa shape index (κ3) is 4.51. The maximum Gasteiger partial charge on any atom is 0.301 e. The van der Waals surface area contributed by atoms with Crippen LogP contribution in [-0.4, -0.2) is 28.4 Å².